The van der Waals surface area contributed by atoms with Crippen molar-refractivity contribution in [1.29, 1.82) is 0 Å². The number of amides is 1. The number of hydrogen-bond donors (Lipinski definition) is 3. The Bertz CT molecular complexity index is 445. The minimum absolute atomic E-state index is 0.157. The van der Waals surface area contributed by atoms with Crippen LogP contribution in [0.25, 0.3) is 0 Å². The van der Waals surface area contributed by atoms with Gasteiger partial charge in [0.15, 0.2) is 0 Å². The van der Waals surface area contributed by atoms with Gasteiger partial charge in [-0.1, -0.05) is 12.1 Å². The molecule has 1 aromatic carbocycles. The summed E-state index contributed by atoms with van der Waals surface area (Å²) in [5.41, 5.74) is 0.208. The molecular formula is C15H21FN2O2. The Labute approximate surface area is 118 Å². The second-order valence-electron chi connectivity index (χ2n) is 5.33. The monoisotopic (exact) mass is 280 g/mol. The maximum absolute atomic E-state index is 13.3. The number of halogens is 1. The molecule has 3 N–H and O–H groups in total. The lowest BCUT2D eigenvalue weighted by atomic mass is 9.87. The molecule has 1 aromatic rings. The molecule has 5 heteroatoms. The Balaban J connectivity index is 1.67. The summed E-state index contributed by atoms with van der Waals surface area (Å²) >= 11 is 0. The van der Waals surface area contributed by atoms with Crippen LogP contribution in [0, 0.1) is 11.7 Å². The van der Waals surface area contributed by atoms with Crippen molar-refractivity contribution in [2.24, 2.45) is 5.92 Å². The molecule has 0 radical (unpaired) electrons. The van der Waals surface area contributed by atoms with E-state index < -0.39 is 5.82 Å². The number of hydrogen-bond acceptors (Lipinski definition) is 3. The summed E-state index contributed by atoms with van der Waals surface area (Å²) in [7, 11) is 0. The van der Waals surface area contributed by atoms with Crippen molar-refractivity contribution < 1.29 is 14.3 Å². The van der Waals surface area contributed by atoms with E-state index in [1.807, 2.05) is 0 Å². The Morgan fingerprint density at radius 1 is 1.25 bits per heavy atom. The lowest BCUT2D eigenvalue weighted by Crippen LogP contribution is -2.33. The summed E-state index contributed by atoms with van der Waals surface area (Å²) < 4.78 is 13.3. The molecule has 0 bridgehead atoms. The third-order valence-electron chi connectivity index (χ3n) is 3.68. The molecule has 1 aliphatic rings. The van der Waals surface area contributed by atoms with Crippen LogP contribution in [0.5, 0.6) is 0 Å². The number of aliphatic hydroxyl groups excluding tert-OH is 1. The smallest absolute Gasteiger partial charge is 0.238 e. The summed E-state index contributed by atoms with van der Waals surface area (Å²) in [6.07, 6.45) is 3.50. The fraction of sp³-hybridized carbons (Fsp3) is 0.533. The second kappa shape index (κ2) is 7.36. The van der Waals surface area contributed by atoms with Crippen LogP contribution in [0.2, 0.25) is 0 Å². The Morgan fingerprint density at radius 3 is 2.65 bits per heavy atom. The largest absolute Gasteiger partial charge is 0.393 e. The second-order valence-corrected chi connectivity index (χ2v) is 5.33. The molecule has 0 aliphatic heterocycles. The Morgan fingerprint density at radius 2 is 1.95 bits per heavy atom. The predicted molar refractivity (Wildman–Crippen MR) is 75.9 cm³/mol. The van der Waals surface area contributed by atoms with E-state index in [-0.39, 0.29) is 24.2 Å². The highest BCUT2D eigenvalue weighted by molar-refractivity contribution is 5.92. The highest BCUT2D eigenvalue weighted by atomic mass is 19.1. The van der Waals surface area contributed by atoms with Gasteiger partial charge in [-0.3, -0.25) is 4.79 Å². The molecule has 0 spiro atoms. The van der Waals surface area contributed by atoms with Gasteiger partial charge in [-0.15, -0.1) is 0 Å². The van der Waals surface area contributed by atoms with Gasteiger partial charge < -0.3 is 15.7 Å². The van der Waals surface area contributed by atoms with E-state index in [0.29, 0.717) is 5.92 Å². The first-order chi connectivity index (χ1) is 9.65. The van der Waals surface area contributed by atoms with E-state index in [1.54, 1.807) is 12.1 Å². The quantitative estimate of drug-likeness (QED) is 0.772. The van der Waals surface area contributed by atoms with Crippen molar-refractivity contribution in [3.63, 3.8) is 0 Å². The number of aliphatic hydroxyl groups is 1. The summed E-state index contributed by atoms with van der Waals surface area (Å²) in [4.78, 5) is 11.7. The van der Waals surface area contributed by atoms with Crippen LogP contribution < -0.4 is 10.6 Å². The summed E-state index contributed by atoms with van der Waals surface area (Å²) in [6, 6.07) is 6.12. The first-order valence-electron chi connectivity index (χ1n) is 7.08. The topological polar surface area (TPSA) is 61.4 Å². The Kier molecular flexibility index (Phi) is 5.49. The zero-order valence-corrected chi connectivity index (χ0v) is 11.4. The van der Waals surface area contributed by atoms with Gasteiger partial charge in [0.2, 0.25) is 5.91 Å². The highest BCUT2D eigenvalue weighted by Gasteiger charge is 2.19. The number of rotatable bonds is 5. The predicted octanol–water partition coefficient (Wildman–Crippen LogP) is 1.90. The van der Waals surface area contributed by atoms with Gasteiger partial charge in [-0.25, -0.2) is 4.39 Å². The lowest BCUT2D eigenvalue weighted by Gasteiger charge is -2.25. The van der Waals surface area contributed by atoms with E-state index >= 15 is 0 Å². The van der Waals surface area contributed by atoms with Gasteiger partial charge >= 0.3 is 0 Å². The number of anilines is 1. The fourth-order valence-electron chi connectivity index (χ4n) is 2.50. The normalized spacial score (nSPS) is 22.5. The van der Waals surface area contributed by atoms with Gasteiger partial charge in [0.1, 0.15) is 5.82 Å². The standard InChI is InChI=1S/C15H21FN2O2/c16-13-3-1-2-4-14(13)18-15(20)10-17-9-11-5-7-12(19)8-6-11/h1-4,11-12,17,19H,5-10H2,(H,18,20). The Hall–Kier alpha value is -1.46. The van der Waals surface area contributed by atoms with E-state index in [2.05, 4.69) is 10.6 Å². The molecule has 0 atom stereocenters. The van der Waals surface area contributed by atoms with Crippen LogP contribution >= 0.6 is 0 Å². The van der Waals surface area contributed by atoms with Crippen molar-refractivity contribution in [1.82, 2.24) is 5.32 Å². The molecule has 1 amide bonds. The van der Waals surface area contributed by atoms with E-state index in [1.165, 1.54) is 12.1 Å². The van der Waals surface area contributed by atoms with Crippen LogP contribution in [0.1, 0.15) is 25.7 Å². The van der Waals surface area contributed by atoms with Crippen LogP contribution in [0.3, 0.4) is 0 Å². The number of para-hydroxylation sites is 1. The average molecular weight is 280 g/mol. The minimum Gasteiger partial charge on any atom is -0.393 e. The summed E-state index contributed by atoms with van der Waals surface area (Å²) in [5.74, 6) is -0.160. The fourth-order valence-corrected chi connectivity index (χ4v) is 2.50. The average Bonchev–Trinajstić information content (AvgIpc) is 2.44. The van der Waals surface area contributed by atoms with Gasteiger partial charge in [0.25, 0.3) is 0 Å². The molecule has 4 nitrogen and oxygen atoms in total. The molecule has 0 unspecified atom stereocenters. The van der Waals surface area contributed by atoms with Crippen molar-refractivity contribution in [2.75, 3.05) is 18.4 Å². The van der Waals surface area contributed by atoms with Crippen LogP contribution in [0.15, 0.2) is 24.3 Å². The molecule has 0 heterocycles. The van der Waals surface area contributed by atoms with Crippen molar-refractivity contribution in [3.8, 4) is 0 Å². The van der Waals surface area contributed by atoms with Crippen molar-refractivity contribution in [2.45, 2.75) is 31.8 Å². The zero-order valence-electron chi connectivity index (χ0n) is 11.4. The highest BCUT2D eigenvalue weighted by Crippen LogP contribution is 2.23. The molecule has 1 aliphatic carbocycles. The first-order valence-corrected chi connectivity index (χ1v) is 7.08. The maximum Gasteiger partial charge on any atom is 0.238 e. The molecule has 0 aromatic heterocycles. The van der Waals surface area contributed by atoms with Gasteiger partial charge in [0.05, 0.1) is 18.3 Å². The summed E-state index contributed by atoms with van der Waals surface area (Å²) in [5, 5.41) is 15.0. The molecule has 1 saturated carbocycles. The van der Waals surface area contributed by atoms with Crippen LogP contribution in [0.4, 0.5) is 10.1 Å². The van der Waals surface area contributed by atoms with E-state index in [0.717, 1.165) is 32.2 Å². The number of benzene rings is 1. The lowest BCUT2D eigenvalue weighted by molar-refractivity contribution is -0.115. The molecule has 20 heavy (non-hydrogen) atoms. The maximum atomic E-state index is 13.3. The SMILES string of the molecule is O=C(CNCC1CCC(O)CC1)Nc1ccccc1F. The summed E-state index contributed by atoms with van der Waals surface area (Å²) in [6.45, 7) is 0.935. The molecule has 110 valence electrons. The third kappa shape index (κ3) is 4.58. The number of carbonyl (C=O) groups excluding carboxylic acids is 1. The van der Waals surface area contributed by atoms with Crippen LogP contribution in [-0.2, 0) is 4.79 Å². The third-order valence-corrected chi connectivity index (χ3v) is 3.68. The number of carbonyl (C=O) groups is 1. The van der Waals surface area contributed by atoms with Crippen LogP contribution in [-0.4, -0.2) is 30.2 Å². The van der Waals surface area contributed by atoms with Crippen molar-refractivity contribution in [3.05, 3.63) is 30.1 Å². The molecule has 1 fully saturated rings. The van der Waals surface area contributed by atoms with Gasteiger partial charge in [0, 0.05) is 0 Å². The minimum atomic E-state index is -0.429. The molecular weight excluding hydrogens is 259 g/mol. The van der Waals surface area contributed by atoms with E-state index in [4.69, 9.17) is 0 Å². The zero-order chi connectivity index (χ0) is 14.4. The first kappa shape index (κ1) is 14.9. The van der Waals surface area contributed by atoms with Gasteiger partial charge in [-0.2, -0.15) is 0 Å². The number of nitrogens with one attached hydrogen (secondary N) is 2. The van der Waals surface area contributed by atoms with Gasteiger partial charge in [-0.05, 0) is 50.3 Å². The van der Waals surface area contributed by atoms with Crippen molar-refractivity contribution >= 4 is 11.6 Å². The molecule has 2 rings (SSSR count). The molecule has 0 saturated heterocycles. The van der Waals surface area contributed by atoms with E-state index in [9.17, 15) is 14.3 Å².